The molecule has 0 saturated heterocycles. The lowest BCUT2D eigenvalue weighted by atomic mass is 9.96. The van der Waals surface area contributed by atoms with Crippen LogP contribution in [0.2, 0.25) is 0 Å². The van der Waals surface area contributed by atoms with Gasteiger partial charge in [-0.05, 0) is 31.5 Å². The minimum Gasteiger partial charge on any atom is -0.463 e. The number of rotatable bonds is 5. The second-order valence-electron chi connectivity index (χ2n) is 6.37. The topological polar surface area (TPSA) is 53.9 Å². The summed E-state index contributed by atoms with van der Waals surface area (Å²) in [5.74, 6) is -0.313. The van der Waals surface area contributed by atoms with E-state index in [4.69, 9.17) is 9.73 Å². The van der Waals surface area contributed by atoms with Crippen molar-refractivity contribution in [1.29, 1.82) is 0 Å². The Labute approximate surface area is 154 Å². The fourth-order valence-electron chi connectivity index (χ4n) is 2.60. The summed E-state index contributed by atoms with van der Waals surface area (Å²) < 4.78 is 5.26. The van der Waals surface area contributed by atoms with Gasteiger partial charge in [0.15, 0.2) is 5.17 Å². The molecule has 1 aliphatic heterocycles. The molecule has 0 bridgehead atoms. The first kappa shape index (κ1) is 19.4. The molecule has 6 heteroatoms. The lowest BCUT2D eigenvalue weighted by Crippen LogP contribution is -2.31. The van der Waals surface area contributed by atoms with Crippen molar-refractivity contribution in [2.45, 2.75) is 39.0 Å². The Morgan fingerprint density at radius 2 is 1.96 bits per heavy atom. The Morgan fingerprint density at radius 3 is 2.48 bits per heavy atom. The molecule has 0 unspecified atom stereocenters. The number of anilines is 1. The molecule has 2 rings (SSSR count). The number of thioether (sulfide) groups is 1. The van der Waals surface area contributed by atoms with Crippen LogP contribution in [0.3, 0.4) is 0 Å². The molecule has 0 fully saturated rings. The van der Waals surface area contributed by atoms with Gasteiger partial charge in [-0.1, -0.05) is 37.7 Å². The summed E-state index contributed by atoms with van der Waals surface area (Å²) in [5.41, 5.74) is 3.47. The summed E-state index contributed by atoms with van der Waals surface area (Å²) in [6, 6.07) is 7.79. The van der Waals surface area contributed by atoms with Crippen LogP contribution in [0, 0.1) is 0 Å². The van der Waals surface area contributed by atoms with Gasteiger partial charge in [0, 0.05) is 30.7 Å². The summed E-state index contributed by atoms with van der Waals surface area (Å²) in [5, 5.41) is 4.49. The van der Waals surface area contributed by atoms with Gasteiger partial charge in [-0.3, -0.25) is 0 Å². The summed E-state index contributed by atoms with van der Waals surface area (Å²) in [7, 11) is 4.01. The monoisotopic (exact) mass is 361 g/mol. The average molecular weight is 362 g/mol. The Morgan fingerprint density at radius 1 is 1.32 bits per heavy atom. The van der Waals surface area contributed by atoms with Gasteiger partial charge in [0.25, 0.3) is 0 Å². The van der Waals surface area contributed by atoms with E-state index in [1.54, 1.807) is 11.8 Å². The fourth-order valence-corrected chi connectivity index (χ4v) is 3.42. The number of ether oxygens (including phenoxy) is 1. The van der Waals surface area contributed by atoms with Crippen molar-refractivity contribution in [3.8, 4) is 0 Å². The summed E-state index contributed by atoms with van der Waals surface area (Å²) in [6.45, 7) is 8.31. The Kier molecular flexibility index (Phi) is 6.53. The van der Waals surface area contributed by atoms with Gasteiger partial charge in [0.05, 0.1) is 12.2 Å². The maximum Gasteiger partial charge on any atom is 0.338 e. The Bertz CT molecular complexity index is 678. The normalized spacial score (nSPS) is 17.2. The molecule has 0 aliphatic carbocycles. The first-order valence-corrected chi connectivity index (χ1v) is 9.38. The van der Waals surface area contributed by atoms with Crippen LogP contribution in [0.1, 0.15) is 39.3 Å². The minimum atomic E-state index is -0.349. The van der Waals surface area contributed by atoms with Crippen LogP contribution in [-0.4, -0.2) is 37.1 Å². The zero-order chi connectivity index (χ0) is 18.6. The third-order valence-electron chi connectivity index (χ3n) is 3.79. The zero-order valence-electron chi connectivity index (χ0n) is 15.8. The molecular weight excluding hydrogens is 334 g/mol. The van der Waals surface area contributed by atoms with Gasteiger partial charge in [-0.25, -0.2) is 9.79 Å². The van der Waals surface area contributed by atoms with Crippen LogP contribution in [0.15, 0.2) is 40.5 Å². The van der Waals surface area contributed by atoms with E-state index in [1.807, 2.05) is 57.1 Å². The molecule has 0 spiro atoms. The van der Waals surface area contributed by atoms with E-state index in [2.05, 4.69) is 19.2 Å². The van der Waals surface area contributed by atoms with Crippen LogP contribution < -0.4 is 10.2 Å². The van der Waals surface area contributed by atoms with E-state index in [-0.39, 0.29) is 12.0 Å². The predicted octanol–water partition coefficient (Wildman–Crippen LogP) is 3.73. The lowest BCUT2D eigenvalue weighted by molar-refractivity contribution is -0.138. The van der Waals surface area contributed by atoms with Crippen LogP contribution >= 0.6 is 11.8 Å². The molecule has 1 aromatic rings. The molecule has 25 heavy (non-hydrogen) atoms. The maximum absolute atomic E-state index is 12.5. The van der Waals surface area contributed by atoms with Crippen molar-refractivity contribution < 1.29 is 9.53 Å². The van der Waals surface area contributed by atoms with Crippen LogP contribution in [0.5, 0.6) is 0 Å². The smallest absolute Gasteiger partial charge is 0.338 e. The fraction of sp³-hybridized carbons (Fsp3) is 0.474. The predicted molar refractivity (Wildman–Crippen MR) is 106 cm³/mol. The van der Waals surface area contributed by atoms with Crippen molar-refractivity contribution in [2.24, 2.45) is 4.99 Å². The van der Waals surface area contributed by atoms with E-state index in [0.29, 0.717) is 17.4 Å². The van der Waals surface area contributed by atoms with Crippen molar-refractivity contribution in [3.63, 3.8) is 0 Å². The minimum absolute atomic E-state index is 0.313. The highest BCUT2D eigenvalue weighted by molar-refractivity contribution is 8.14. The number of hydrogen-bond donors (Lipinski definition) is 1. The van der Waals surface area contributed by atoms with E-state index in [0.717, 1.165) is 22.1 Å². The molecule has 0 saturated carbocycles. The maximum atomic E-state index is 12.5. The van der Waals surface area contributed by atoms with E-state index in [9.17, 15) is 4.79 Å². The number of carbonyl (C=O) groups excluding carboxylic acids is 1. The molecule has 1 heterocycles. The Balaban J connectivity index is 2.42. The number of hydrogen-bond acceptors (Lipinski definition) is 6. The molecule has 1 N–H and O–H groups in total. The van der Waals surface area contributed by atoms with E-state index in [1.165, 1.54) is 0 Å². The summed E-state index contributed by atoms with van der Waals surface area (Å²) in [4.78, 5) is 19.3. The highest BCUT2D eigenvalue weighted by Crippen LogP contribution is 2.34. The van der Waals surface area contributed by atoms with Crippen molar-refractivity contribution >= 4 is 28.6 Å². The molecule has 0 aromatic heterocycles. The molecule has 5 nitrogen and oxygen atoms in total. The van der Waals surface area contributed by atoms with Crippen molar-refractivity contribution in [1.82, 2.24) is 5.32 Å². The van der Waals surface area contributed by atoms with Crippen LogP contribution in [0.4, 0.5) is 5.69 Å². The number of nitrogens with one attached hydrogen (secondary N) is 1. The highest BCUT2D eigenvalue weighted by Gasteiger charge is 2.30. The van der Waals surface area contributed by atoms with Gasteiger partial charge in [-0.2, -0.15) is 0 Å². The number of esters is 1. The largest absolute Gasteiger partial charge is 0.463 e. The average Bonchev–Trinajstić information content (AvgIpc) is 2.53. The third kappa shape index (κ3) is 4.78. The van der Waals surface area contributed by atoms with E-state index < -0.39 is 0 Å². The summed E-state index contributed by atoms with van der Waals surface area (Å²) >= 11 is 1.66. The molecule has 0 amide bonds. The SMILES string of the molecule is CCOC(=O)C1=C(C)NC(SC(C)C)=N[C@@H]1c1ccc(N(C)C)cc1. The van der Waals surface area contributed by atoms with Crippen LogP contribution in [0.25, 0.3) is 0 Å². The molecular formula is C19H27N3O2S. The molecule has 1 aliphatic rings. The Hall–Kier alpha value is -1.95. The first-order valence-electron chi connectivity index (χ1n) is 8.50. The van der Waals surface area contributed by atoms with Gasteiger partial charge in [0.2, 0.25) is 0 Å². The number of amidine groups is 1. The number of benzene rings is 1. The van der Waals surface area contributed by atoms with Crippen LogP contribution in [-0.2, 0) is 9.53 Å². The second-order valence-corrected chi connectivity index (χ2v) is 7.94. The van der Waals surface area contributed by atoms with Gasteiger partial charge >= 0.3 is 5.97 Å². The van der Waals surface area contributed by atoms with Crippen molar-refractivity contribution in [3.05, 3.63) is 41.1 Å². The molecule has 136 valence electrons. The standard InChI is InChI=1S/C19H27N3O2S/c1-7-24-18(23)16-13(4)20-19(25-12(2)3)21-17(16)14-8-10-15(11-9-14)22(5)6/h8-12,17H,7H2,1-6H3,(H,20,21)/t17-/m1/s1. The van der Waals surface area contributed by atoms with Gasteiger partial charge in [0.1, 0.15) is 6.04 Å². The molecule has 0 radical (unpaired) electrons. The first-order chi connectivity index (χ1) is 11.8. The highest BCUT2D eigenvalue weighted by atomic mass is 32.2. The van der Waals surface area contributed by atoms with Crippen molar-refractivity contribution in [2.75, 3.05) is 25.6 Å². The number of aliphatic imine (C=N–C) groups is 1. The van der Waals surface area contributed by atoms with Gasteiger partial charge < -0.3 is 15.0 Å². The van der Waals surface area contributed by atoms with Gasteiger partial charge in [-0.15, -0.1) is 0 Å². The van der Waals surface area contributed by atoms with E-state index >= 15 is 0 Å². The number of allylic oxidation sites excluding steroid dienone is 1. The summed E-state index contributed by atoms with van der Waals surface area (Å²) in [6.07, 6.45) is 0. The third-order valence-corrected chi connectivity index (χ3v) is 4.69. The lowest BCUT2D eigenvalue weighted by Gasteiger charge is -2.26. The quantitative estimate of drug-likeness (QED) is 0.810. The number of carbonyl (C=O) groups is 1. The second kappa shape index (κ2) is 8.43. The number of nitrogens with zero attached hydrogens (tertiary/aromatic N) is 2. The molecule has 1 atom stereocenters. The zero-order valence-corrected chi connectivity index (χ0v) is 16.6. The molecule has 1 aromatic carbocycles.